The summed E-state index contributed by atoms with van der Waals surface area (Å²) in [6.45, 7) is 3.52. The van der Waals surface area contributed by atoms with E-state index in [1.54, 1.807) is 0 Å². The van der Waals surface area contributed by atoms with E-state index in [0.29, 0.717) is 6.07 Å². The average Bonchev–Trinajstić information content (AvgIpc) is 2.73. The molecule has 2 aromatic carbocycles. The summed E-state index contributed by atoms with van der Waals surface area (Å²) in [5.74, 6) is -3.92. The predicted molar refractivity (Wildman–Crippen MR) is 105 cm³/mol. The van der Waals surface area contributed by atoms with Crippen molar-refractivity contribution in [2.24, 2.45) is 0 Å². The zero-order valence-electron chi connectivity index (χ0n) is 16.6. The molecule has 1 heterocycles. The molecule has 0 spiro atoms. The molecular weight excluding hydrogens is 438 g/mol. The van der Waals surface area contributed by atoms with Crippen LogP contribution in [0.15, 0.2) is 55.2 Å². The summed E-state index contributed by atoms with van der Waals surface area (Å²) >= 11 is 0. The lowest BCUT2D eigenvalue weighted by molar-refractivity contribution is -0.138. The van der Waals surface area contributed by atoms with E-state index >= 15 is 0 Å². The minimum Gasteiger partial charge on any atom is -0.497 e. The van der Waals surface area contributed by atoms with Crippen LogP contribution in [-0.4, -0.2) is 12.1 Å². The Hall–Kier alpha value is -3.69. The van der Waals surface area contributed by atoms with Crippen molar-refractivity contribution in [1.29, 1.82) is 0 Å². The van der Waals surface area contributed by atoms with E-state index in [0.717, 1.165) is 36.5 Å². The summed E-state index contributed by atoms with van der Waals surface area (Å²) in [5, 5.41) is 2.78. The third-order valence-corrected chi connectivity index (χ3v) is 4.39. The minimum absolute atomic E-state index is 0.0361. The summed E-state index contributed by atoms with van der Waals surface area (Å²) in [6.07, 6.45) is -3.69. The molecule has 168 valence electrons. The average molecular weight is 454 g/mol. The Morgan fingerprint density at radius 2 is 1.81 bits per heavy atom. The van der Waals surface area contributed by atoms with Crippen LogP contribution in [-0.2, 0) is 17.5 Å². The maximum atomic E-state index is 14.7. The number of hydrogen-bond donors (Lipinski definition) is 1. The van der Waals surface area contributed by atoms with Crippen molar-refractivity contribution >= 4 is 11.4 Å². The quantitative estimate of drug-likeness (QED) is 0.325. The van der Waals surface area contributed by atoms with Crippen molar-refractivity contribution in [2.75, 3.05) is 12.4 Å². The molecule has 0 aliphatic rings. The highest BCUT2D eigenvalue weighted by Gasteiger charge is 2.35. The molecule has 0 fully saturated rings. The van der Waals surface area contributed by atoms with Gasteiger partial charge in [0.2, 0.25) is 5.88 Å². The Labute approximate surface area is 179 Å². The largest absolute Gasteiger partial charge is 0.497 e. The van der Waals surface area contributed by atoms with Crippen LogP contribution in [0.5, 0.6) is 11.6 Å². The number of hydrogen-bond acceptors (Lipinski definition) is 4. The summed E-state index contributed by atoms with van der Waals surface area (Å²) < 4.78 is 91.4. The van der Waals surface area contributed by atoms with Gasteiger partial charge in [-0.05, 0) is 24.3 Å². The number of nitrogens with one attached hydrogen (secondary N) is 1. The standard InChI is InChI=1S/C22H16F6N2O2/c1-12(31-2)15-9-20(32-21-16(22(26,27)28)4-3-7-29-21)18(25)10-19(15)30-11-13-5-6-14(23)8-17(13)24/h3-10,30H,1,11H2,2H3. The monoisotopic (exact) mass is 454 g/mol. The molecule has 32 heavy (non-hydrogen) atoms. The molecule has 0 aliphatic heterocycles. The maximum Gasteiger partial charge on any atom is 0.421 e. The fourth-order valence-electron chi connectivity index (χ4n) is 2.77. The third kappa shape index (κ3) is 5.13. The molecule has 0 atom stereocenters. The van der Waals surface area contributed by atoms with Gasteiger partial charge in [0, 0.05) is 41.7 Å². The fraction of sp³-hybridized carbons (Fsp3) is 0.136. The second-order valence-electron chi connectivity index (χ2n) is 6.50. The SMILES string of the molecule is C=C(OC)c1cc(Oc2ncccc2C(F)(F)F)c(F)cc1NCc1ccc(F)cc1F. The molecule has 0 unspecified atom stereocenters. The number of anilines is 1. The molecule has 3 aromatic rings. The first-order valence-electron chi connectivity index (χ1n) is 9.05. The number of rotatable bonds is 7. The molecule has 10 heteroatoms. The summed E-state index contributed by atoms with van der Waals surface area (Å²) in [5.41, 5.74) is -0.830. The lowest BCUT2D eigenvalue weighted by Gasteiger charge is -2.17. The van der Waals surface area contributed by atoms with E-state index in [1.807, 2.05) is 0 Å². The van der Waals surface area contributed by atoms with E-state index in [9.17, 15) is 26.3 Å². The zero-order chi connectivity index (χ0) is 23.5. The molecule has 0 amide bonds. The molecule has 0 bridgehead atoms. The smallest absolute Gasteiger partial charge is 0.421 e. The van der Waals surface area contributed by atoms with Crippen molar-refractivity contribution in [3.8, 4) is 11.6 Å². The van der Waals surface area contributed by atoms with E-state index in [1.165, 1.54) is 13.2 Å². The van der Waals surface area contributed by atoms with Gasteiger partial charge in [0.25, 0.3) is 0 Å². The Kier molecular flexibility index (Phi) is 6.61. The van der Waals surface area contributed by atoms with Gasteiger partial charge >= 0.3 is 6.18 Å². The van der Waals surface area contributed by atoms with Gasteiger partial charge in [0.1, 0.15) is 23.0 Å². The van der Waals surface area contributed by atoms with Crippen LogP contribution in [0.4, 0.5) is 32.0 Å². The van der Waals surface area contributed by atoms with E-state index in [2.05, 4.69) is 16.9 Å². The number of nitrogens with zero attached hydrogens (tertiary/aromatic N) is 1. The van der Waals surface area contributed by atoms with Gasteiger partial charge < -0.3 is 14.8 Å². The lowest BCUT2D eigenvalue weighted by Crippen LogP contribution is -2.09. The van der Waals surface area contributed by atoms with Gasteiger partial charge in [0.05, 0.1) is 7.11 Å². The molecule has 0 radical (unpaired) electrons. The van der Waals surface area contributed by atoms with Gasteiger partial charge in [-0.25, -0.2) is 18.2 Å². The number of methoxy groups -OCH3 is 1. The Balaban J connectivity index is 1.95. The number of halogens is 6. The fourth-order valence-corrected chi connectivity index (χ4v) is 2.77. The number of alkyl halides is 3. The second kappa shape index (κ2) is 9.21. The van der Waals surface area contributed by atoms with Crippen LogP contribution in [0.25, 0.3) is 5.76 Å². The zero-order valence-corrected chi connectivity index (χ0v) is 16.6. The van der Waals surface area contributed by atoms with E-state index in [4.69, 9.17) is 9.47 Å². The molecule has 0 saturated heterocycles. The molecule has 3 rings (SSSR count). The van der Waals surface area contributed by atoms with Gasteiger partial charge in [0.15, 0.2) is 11.6 Å². The Morgan fingerprint density at radius 1 is 1.06 bits per heavy atom. The lowest BCUT2D eigenvalue weighted by atomic mass is 10.1. The summed E-state index contributed by atoms with van der Waals surface area (Å²) in [4.78, 5) is 3.54. The Bertz CT molecular complexity index is 1150. The Morgan fingerprint density at radius 3 is 2.47 bits per heavy atom. The molecule has 1 N–H and O–H groups in total. The molecule has 4 nitrogen and oxygen atoms in total. The highest BCUT2D eigenvalue weighted by atomic mass is 19.4. The minimum atomic E-state index is -4.76. The number of ether oxygens (including phenoxy) is 2. The summed E-state index contributed by atoms with van der Waals surface area (Å²) in [6, 6.07) is 6.84. The van der Waals surface area contributed by atoms with Crippen molar-refractivity contribution < 1.29 is 35.8 Å². The van der Waals surface area contributed by atoms with Crippen LogP contribution in [0, 0.1) is 17.5 Å². The van der Waals surface area contributed by atoms with Gasteiger partial charge in [-0.1, -0.05) is 12.6 Å². The first-order chi connectivity index (χ1) is 15.1. The predicted octanol–water partition coefficient (Wildman–Crippen LogP) is 6.54. The van der Waals surface area contributed by atoms with Crippen molar-refractivity contribution in [1.82, 2.24) is 4.98 Å². The molecule has 0 saturated carbocycles. The van der Waals surface area contributed by atoms with E-state index < -0.39 is 40.8 Å². The molecule has 0 aliphatic carbocycles. The number of aromatic nitrogens is 1. The first kappa shape index (κ1) is 23.0. The van der Waals surface area contributed by atoms with E-state index in [-0.39, 0.29) is 29.1 Å². The van der Waals surface area contributed by atoms with Crippen LogP contribution in [0.1, 0.15) is 16.7 Å². The van der Waals surface area contributed by atoms with Crippen molar-refractivity contribution in [3.63, 3.8) is 0 Å². The maximum absolute atomic E-state index is 14.7. The summed E-state index contributed by atoms with van der Waals surface area (Å²) in [7, 11) is 1.29. The van der Waals surface area contributed by atoms with Crippen LogP contribution in [0.2, 0.25) is 0 Å². The topological polar surface area (TPSA) is 43.4 Å². The van der Waals surface area contributed by atoms with Crippen LogP contribution in [0.3, 0.4) is 0 Å². The third-order valence-electron chi connectivity index (χ3n) is 4.39. The van der Waals surface area contributed by atoms with Gasteiger partial charge in [-0.2, -0.15) is 13.2 Å². The highest BCUT2D eigenvalue weighted by molar-refractivity contribution is 5.73. The van der Waals surface area contributed by atoms with Gasteiger partial charge in [-0.15, -0.1) is 0 Å². The molecular formula is C22H16F6N2O2. The normalized spacial score (nSPS) is 11.2. The van der Waals surface area contributed by atoms with Crippen molar-refractivity contribution in [2.45, 2.75) is 12.7 Å². The van der Waals surface area contributed by atoms with Gasteiger partial charge in [-0.3, -0.25) is 0 Å². The first-order valence-corrected chi connectivity index (χ1v) is 9.05. The van der Waals surface area contributed by atoms with Crippen molar-refractivity contribution in [3.05, 3.63) is 89.4 Å². The molecule has 1 aromatic heterocycles. The number of benzene rings is 2. The van der Waals surface area contributed by atoms with Crippen LogP contribution < -0.4 is 10.1 Å². The van der Waals surface area contributed by atoms with Crippen LogP contribution >= 0.6 is 0 Å². The second-order valence-corrected chi connectivity index (χ2v) is 6.50. The number of pyridine rings is 1. The highest BCUT2D eigenvalue weighted by Crippen LogP contribution is 2.39.